The van der Waals surface area contributed by atoms with Crippen LogP contribution in [0.5, 0.6) is 5.75 Å². The SMILES string of the molecule is CC1(CNC(=O)COc2ccc(Cl)cc2)CCNCC1. The second-order valence-electron chi connectivity index (χ2n) is 5.58. The molecule has 1 aromatic rings. The van der Waals surface area contributed by atoms with Crippen molar-refractivity contribution in [1.82, 2.24) is 10.6 Å². The number of benzene rings is 1. The fraction of sp³-hybridized carbons (Fsp3) is 0.533. The molecule has 0 aliphatic carbocycles. The molecule has 2 rings (SSSR count). The first kappa shape index (κ1) is 15.1. The Morgan fingerprint density at radius 2 is 2.00 bits per heavy atom. The van der Waals surface area contributed by atoms with Gasteiger partial charge in [0.15, 0.2) is 6.61 Å². The molecule has 0 radical (unpaired) electrons. The number of hydrogen-bond acceptors (Lipinski definition) is 3. The number of carbonyl (C=O) groups is 1. The van der Waals surface area contributed by atoms with Crippen molar-refractivity contribution in [3.8, 4) is 5.75 Å². The molecule has 20 heavy (non-hydrogen) atoms. The fourth-order valence-corrected chi connectivity index (χ4v) is 2.38. The molecule has 2 N–H and O–H groups in total. The van der Waals surface area contributed by atoms with E-state index in [0.29, 0.717) is 17.3 Å². The standard InChI is InChI=1S/C15H21ClN2O2/c1-15(6-8-17-9-7-15)11-18-14(19)10-20-13-4-2-12(16)3-5-13/h2-5,17H,6-11H2,1H3,(H,18,19). The quantitative estimate of drug-likeness (QED) is 0.876. The van der Waals surface area contributed by atoms with E-state index in [1.165, 1.54) is 0 Å². The van der Waals surface area contributed by atoms with Gasteiger partial charge in [-0.1, -0.05) is 18.5 Å². The Balaban J connectivity index is 1.71. The zero-order valence-corrected chi connectivity index (χ0v) is 12.5. The van der Waals surface area contributed by atoms with E-state index in [1.54, 1.807) is 24.3 Å². The van der Waals surface area contributed by atoms with Crippen molar-refractivity contribution in [3.63, 3.8) is 0 Å². The van der Waals surface area contributed by atoms with Gasteiger partial charge in [-0.25, -0.2) is 0 Å². The number of ether oxygens (including phenoxy) is 1. The highest BCUT2D eigenvalue weighted by Gasteiger charge is 2.26. The molecule has 1 heterocycles. The van der Waals surface area contributed by atoms with Gasteiger partial charge in [-0.05, 0) is 55.6 Å². The van der Waals surface area contributed by atoms with Gasteiger partial charge in [-0.2, -0.15) is 0 Å². The Labute approximate surface area is 124 Å². The third-order valence-electron chi connectivity index (χ3n) is 3.71. The summed E-state index contributed by atoms with van der Waals surface area (Å²) in [5.74, 6) is 0.567. The molecule has 5 heteroatoms. The lowest BCUT2D eigenvalue weighted by Gasteiger charge is -2.34. The van der Waals surface area contributed by atoms with Crippen LogP contribution in [0.2, 0.25) is 5.02 Å². The minimum absolute atomic E-state index is 0.0377. The van der Waals surface area contributed by atoms with Crippen molar-refractivity contribution >= 4 is 17.5 Å². The summed E-state index contributed by atoms with van der Waals surface area (Å²) in [6, 6.07) is 6.99. The topological polar surface area (TPSA) is 50.4 Å². The van der Waals surface area contributed by atoms with Crippen molar-refractivity contribution in [1.29, 1.82) is 0 Å². The Kier molecular flexibility index (Phi) is 5.26. The molecule has 0 atom stereocenters. The van der Waals surface area contributed by atoms with Crippen molar-refractivity contribution in [2.45, 2.75) is 19.8 Å². The average Bonchev–Trinajstić information content (AvgIpc) is 2.45. The first-order chi connectivity index (χ1) is 9.57. The molecule has 1 aliphatic rings. The molecule has 1 fully saturated rings. The summed E-state index contributed by atoms with van der Waals surface area (Å²) in [5, 5.41) is 6.94. The van der Waals surface area contributed by atoms with Crippen LogP contribution in [-0.4, -0.2) is 32.1 Å². The number of nitrogens with one attached hydrogen (secondary N) is 2. The molecular weight excluding hydrogens is 276 g/mol. The maximum absolute atomic E-state index is 11.8. The molecule has 0 saturated carbocycles. The van der Waals surface area contributed by atoms with Crippen molar-refractivity contribution in [2.75, 3.05) is 26.2 Å². The van der Waals surface area contributed by atoms with Gasteiger partial charge in [-0.15, -0.1) is 0 Å². The molecule has 0 unspecified atom stereocenters. The third kappa shape index (κ3) is 4.69. The number of carbonyl (C=O) groups excluding carboxylic acids is 1. The maximum Gasteiger partial charge on any atom is 0.257 e. The van der Waals surface area contributed by atoms with Crippen LogP contribution in [0.25, 0.3) is 0 Å². The average molecular weight is 297 g/mol. The summed E-state index contributed by atoms with van der Waals surface area (Å²) in [5.41, 5.74) is 0.196. The van der Waals surface area contributed by atoms with Crippen LogP contribution in [-0.2, 0) is 4.79 Å². The predicted molar refractivity (Wildman–Crippen MR) is 80.2 cm³/mol. The minimum atomic E-state index is -0.0836. The molecule has 0 aromatic heterocycles. The predicted octanol–water partition coefficient (Wildman–Crippen LogP) is 2.22. The van der Waals surface area contributed by atoms with Crippen LogP contribution in [0, 0.1) is 5.41 Å². The van der Waals surface area contributed by atoms with Gasteiger partial charge in [-0.3, -0.25) is 4.79 Å². The van der Waals surface area contributed by atoms with Gasteiger partial charge in [0.2, 0.25) is 0 Å². The van der Waals surface area contributed by atoms with Crippen LogP contribution >= 0.6 is 11.6 Å². The van der Waals surface area contributed by atoms with E-state index in [0.717, 1.165) is 25.9 Å². The summed E-state index contributed by atoms with van der Waals surface area (Å²) in [6.45, 7) is 5.00. The molecule has 4 nitrogen and oxygen atoms in total. The summed E-state index contributed by atoms with van der Waals surface area (Å²) < 4.78 is 5.41. The van der Waals surface area contributed by atoms with Gasteiger partial charge in [0.1, 0.15) is 5.75 Å². The van der Waals surface area contributed by atoms with E-state index in [1.807, 2.05) is 0 Å². The third-order valence-corrected chi connectivity index (χ3v) is 3.96. The normalized spacial score (nSPS) is 17.5. The summed E-state index contributed by atoms with van der Waals surface area (Å²) in [6.07, 6.45) is 2.18. The Bertz CT molecular complexity index is 442. The highest BCUT2D eigenvalue weighted by molar-refractivity contribution is 6.30. The largest absolute Gasteiger partial charge is 0.484 e. The van der Waals surface area contributed by atoms with Crippen molar-refractivity contribution < 1.29 is 9.53 Å². The lowest BCUT2D eigenvalue weighted by molar-refractivity contribution is -0.123. The van der Waals surface area contributed by atoms with E-state index < -0.39 is 0 Å². The molecule has 1 amide bonds. The second-order valence-corrected chi connectivity index (χ2v) is 6.02. The zero-order chi connectivity index (χ0) is 14.4. The van der Waals surface area contributed by atoms with E-state index in [2.05, 4.69) is 17.6 Å². The van der Waals surface area contributed by atoms with Crippen LogP contribution in [0.4, 0.5) is 0 Å². The highest BCUT2D eigenvalue weighted by Crippen LogP contribution is 2.26. The monoisotopic (exact) mass is 296 g/mol. The minimum Gasteiger partial charge on any atom is -0.484 e. The molecular formula is C15H21ClN2O2. The number of rotatable bonds is 5. The van der Waals surface area contributed by atoms with Crippen LogP contribution in [0.15, 0.2) is 24.3 Å². The number of hydrogen-bond donors (Lipinski definition) is 2. The number of amides is 1. The fourth-order valence-electron chi connectivity index (χ4n) is 2.25. The van der Waals surface area contributed by atoms with Crippen LogP contribution < -0.4 is 15.4 Å². The molecule has 0 spiro atoms. The van der Waals surface area contributed by atoms with E-state index in [-0.39, 0.29) is 17.9 Å². The molecule has 0 bridgehead atoms. The summed E-state index contributed by atoms with van der Waals surface area (Å²) in [4.78, 5) is 11.8. The Morgan fingerprint density at radius 3 is 2.65 bits per heavy atom. The molecule has 1 aromatic carbocycles. The highest BCUT2D eigenvalue weighted by atomic mass is 35.5. The zero-order valence-electron chi connectivity index (χ0n) is 11.7. The smallest absolute Gasteiger partial charge is 0.257 e. The number of piperidine rings is 1. The van der Waals surface area contributed by atoms with Crippen molar-refractivity contribution in [3.05, 3.63) is 29.3 Å². The second kappa shape index (κ2) is 6.95. The maximum atomic E-state index is 11.8. The van der Waals surface area contributed by atoms with Crippen LogP contribution in [0.1, 0.15) is 19.8 Å². The van der Waals surface area contributed by atoms with Gasteiger partial charge in [0.25, 0.3) is 5.91 Å². The van der Waals surface area contributed by atoms with Gasteiger partial charge in [0.05, 0.1) is 0 Å². The first-order valence-electron chi connectivity index (χ1n) is 6.93. The Hall–Kier alpha value is -1.26. The van der Waals surface area contributed by atoms with Crippen molar-refractivity contribution in [2.24, 2.45) is 5.41 Å². The van der Waals surface area contributed by atoms with Gasteiger partial charge in [0, 0.05) is 11.6 Å². The lowest BCUT2D eigenvalue weighted by Crippen LogP contribution is -2.43. The van der Waals surface area contributed by atoms with Gasteiger partial charge < -0.3 is 15.4 Å². The Morgan fingerprint density at radius 1 is 1.35 bits per heavy atom. The lowest BCUT2D eigenvalue weighted by atomic mass is 9.81. The van der Waals surface area contributed by atoms with E-state index in [9.17, 15) is 4.79 Å². The molecule has 1 aliphatic heterocycles. The summed E-state index contributed by atoms with van der Waals surface area (Å²) >= 11 is 5.79. The van der Waals surface area contributed by atoms with E-state index >= 15 is 0 Å². The first-order valence-corrected chi connectivity index (χ1v) is 7.31. The number of halogens is 1. The molecule has 110 valence electrons. The summed E-state index contributed by atoms with van der Waals surface area (Å²) in [7, 11) is 0. The van der Waals surface area contributed by atoms with Crippen LogP contribution in [0.3, 0.4) is 0 Å². The van der Waals surface area contributed by atoms with Gasteiger partial charge >= 0.3 is 0 Å². The van der Waals surface area contributed by atoms with E-state index in [4.69, 9.17) is 16.3 Å². The molecule has 1 saturated heterocycles.